The van der Waals surface area contributed by atoms with Crippen LogP contribution in [-0.4, -0.2) is 18.1 Å². The van der Waals surface area contributed by atoms with Gasteiger partial charge in [0.05, 0.1) is 14.2 Å². The average molecular weight is 820 g/mol. The summed E-state index contributed by atoms with van der Waals surface area (Å²) in [6.07, 6.45) is 5.57. The Labute approximate surface area is 219 Å². The second-order valence-corrected chi connectivity index (χ2v) is 11.7. The van der Waals surface area contributed by atoms with Crippen molar-refractivity contribution in [2.24, 2.45) is 0 Å². The fourth-order valence-corrected chi connectivity index (χ4v) is 6.37. The number of methoxy groups -OCH3 is 2. The van der Waals surface area contributed by atoms with E-state index < -0.39 is 0 Å². The molecule has 0 fully saturated rings. The van der Waals surface area contributed by atoms with Crippen molar-refractivity contribution >= 4 is 107 Å². The molecule has 1 aliphatic carbocycles. The molecule has 0 heterocycles. The van der Waals surface area contributed by atoms with Crippen LogP contribution in [-0.2, 0) is 6.42 Å². The van der Waals surface area contributed by atoms with E-state index in [0.717, 1.165) is 29.0 Å². The molecule has 0 N–H and O–H groups in total. The Balaban J connectivity index is 2.17. The molecule has 0 spiro atoms. The van der Waals surface area contributed by atoms with E-state index in [2.05, 4.69) is 133 Å². The molecule has 2 nitrogen and oxygen atoms in total. The van der Waals surface area contributed by atoms with Gasteiger partial charge < -0.3 is 9.47 Å². The maximum Gasteiger partial charge on any atom is 0.128 e. The second-order valence-electron chi connectivity index (χ2n) is 6.53. The molecule has 0 saturated heterocycles. The van der Waals surface area contributed by atoms with E-state index in [-0.39, 0.29) is 0 Å². The van der Waals surface area contributed by atoms with Crippen LogP contribution in [0.5, 0.6) is 11.5 Å². The van der Waals surface area contributed by atoms with Gasteiger partial charge in [0, 0.05) is 25.8 Å². The third-order valence-electron chi connectivity index (χ3n) is 4.96. The second kappa shape index (κ2) is 8.74. The van der Waals surface area contributed by atoms with Gasteiger partial charge in [-0.3, -0.25) is 0 Å². The lowest BCUT2D eigenvalue weighted by atomic mass is 9.87. The Kier molecular flexibility index (Phi) is 6.68. The van der Waals surface area contributed by atoms with Gasteiger partial charge in [0.1, 0.15) is 11.5 Å². The fourth-order valence-electron chi connectivity index (χ4n) is 3.71. The lowest BCUT2D eigenvalue weighted by Crippen LogP contribution is -2.10. The van der Waals surface area contributed by atoms with Crippen molar-refractivity contribution in [1.82, 2.24) is 0 Å². The largest absolute Gasteiger partial charge is 0.496 e. The van der Waals surface area contributed by atoms with E-state index in [0.29, 0.717) is 3.92 Å². The zero-order valence-corrected chi connectivity index (χ0v) is 23.8. The van der Waals surface area contributed by atoms with Crippen LogP contribution in [0.3, 0.4) is 0 Å². The van der Waals surface area contributed by atoms with E-state index >= 15 is 0 Å². The van der Waals surface area contributed by atoms with E-state index in [9.17, 15) is 0 Å². The molecule has 0 amide bonds. The quantitative estimate of drug-likeness (QED) is 0.199. The predicted octanol–water partition coefficient (Wildman–Crippen LogP) is 7.71. The van der Waals surface area contributed by atoms with Crippen molar-refractivity contribution in [3.8, 4) is 22.6 Å². The number of halogens is 4. The van der Waals surface area contributed by atoms with Gasteiger partial charge in [-0.25, -0.2) is 0 Å². The first kappa shape index (κ1) is 21.4. The van der Waals surface area contributed by atoms with E-state index in [4.69, 9.17) is 9.47 Å². The Bertz CT molecular complexity index is 1120. The van der Waals surface area contributed by atoms with Gasteiger partial charge in [0.25, 0.3) is 0 Å². The van der Waals surface area contributed by atoms with Crippen LogP contribution in [0.4, 0.5) is 0 Å². The first-order valence-corrected chi connectivity index (χ1v) is 13.1. The molecule has 144 valence electrons. The minimum atomic E-state index is 0.511. The topological polar surface area (TPSA) is 18.5 Å². The van der Waals surface area contributed by atoms with Crippen LogP contribution in [0.15, 0.2) is 36.4 Å². The Hall–Kier alpha value is 0.180. The molecule has 6 heteroatoms. The highest BCUT2D eigenvalue weighted by atomic mass is 127. The molecule has 0 aromatic heterocycles. The van der Waals surface area contributed by atoms with Crippen LogP contribution < -0.4 is 9.47 Å². The van der Waals surface area contributed by atoms with Crippen molar-refractivity contribution in [3.63, 3.8) is 0 Å². The highest BCUT2D eigenvalue weighted by molar-refractivity contribution is 14.1. The number of ether oxygens (including phenoxy) is 2. The molecule has 0 saturated carbocycles. The summed E-state index contributed by atoms with van der Waals surface area (Å²) in [4.78, 5) is 0. The number of benzene rings is 3. The molecule has 1 atom stereocenters. The average Bonchev–Trinajstić information content (AvgIpc) is 2.69. The van der Waals surface area contributed by atoms with Crippen LogP contribution in [0.1, 0.15) is 11.1 Å². The fraction of sp³-hybridized carbons (Fsp3) is 0.182. The van der Waals surface area contributed by atoms with Crippen LogP contribution in [0, 0.1) is 10.7 Å². The highest BCUT2D eigenvalue weighted by Gasteiger charge is 2.25. The number of hydrogen-bond acceptors (Lipinski definition) is 2. The first-order chi connectivity index (χ1) is 13.4. The van der Waals surface area contributed by atoms with E-state index in [1.807, 2.05) is 0 Å². The minimum absolute atomic E-state index is 0.511. The lowest BCUT2D eigenvalue weighted by Gasteiger charge is -2.24. The highest BCUT2D eigenvalue weighted by Crippen LogP contribution is 2.48. The van der Waals surface area contributed by atoms with Gasteiger partial charge in [-0.05, 0) is 120 Å². The minimum Gasteiger partial charge on any atom is -0.496 e. The third kappa shape index (κ3) is 3.79. The number of rotatable bonds is 3. The molecule has 0 bridgehead atoms. The predicted molar refractivity (Wildman–Crippen MR) is 151 cm³/mol. The molecule has 3 aromatic carbocycles. The molecule has 4 rings (SSSR count). The zero-order chi connectivity index (χ0) is 20.0. The first-order valence-electron chi connectivity index (χ1n) is 8.62. The molecule has 1 aliphatic rings. The molecular weight excluding hydrogens is 804 g/mol. The van der Waals surface area contributed by atoms with Crippen LogP contribution in [0.2, 0.25) is 0 Å². The number of hydrogen-bond donors (Lipinski definition) is 0. The summed E-state index contributed by atoms with van der Waals surface area (Å²) < 4.78 is 15.9. The normalized spacial score (nSPS) is 15.6. The molecular formula is C22H16I4O2. The lowest BCUT2D eigenvalue weighted by molar-refractivity contribution is 0.410. The van der Waals surface area contributed by atoms with E-state index in [1.165, 1.54) is 32.6 Å². The number of fused-ring (bicyclic) bond motifs is 2. The summed E-state index contributed by atoms with van der Waals surface area (Å²) in [5.41, 5.74) is 4.86. The summed E-state index contributed by atoms with van der Waals surface area (Å²) in [6, 6.07) is 10.9. The number of allylic oxidation sites excluding steroid dienone is 1. The third-order valence-corrected chi connectivity index (χ3v) is 8.34. The molecule has 0 aliphatic heterocycles. The van der Waals surface area contributed by atoms with Gasteiger partial charge in [-0.1, -0.05) is 40.8 Å². The summed E-state index contributed by atoms with van der Waals surface area (Å²) >= 11 is 9.71. The van der Waals surface area contributed by atoms with Crippen molar-refractivity contribution in [3.05, 3.63) is 58.2 Å². The standard InChI is InChI=1S/C22H16I4O2/c1-27-19-9-17(25)15-7-11(23)3-5-13(15)21(19)22-14-6-4-12(24)8-16(14)18(26)10-20(22)28-2/h3-7,9-10,12H,8H2,1-2H3/t12-/m1/s1. The summed E-state index contributed by atoms with van der Waals surface area (Å²) in [7, 11) is 3.50. The summed E-state index contributed by atoms with van der Waals surface area (Å²) in [6.45, 7) is 0. The smallest absolute Gasteiger partial charge is 0.128 e. The molecule has 0 unspecified atom stereocenters. The molecule has 28 heavy (non-hydrogen) atoms. The van der Waals surface area contributed by atoms with Crippen molar-refractivity contribution < 1.29 is 9.47 Å². The Morgan fingerprint density at radius 1 is 0.857 bits per heavy atom. The Morgan fingerprint density at radius 3 is 2.25 bits per heavy atom. The maximum atomic E-state index is 5.88. The van der Waals surface area contributed by atoms with Gasteiger partial charge in [-0.15, -0.1) is 0 Å². The Morgan fingerprint density at radius 2 is 1.54 bits per heavy atom. The van der Waals surface area contributed by atoms with E-state index in [1.54, 1.807) is 14.2 Å². The van der Waals surface area contributed by atoms with Crippen molar-refractivity contribution in [1.29, 1.82) is 0 Å². The van der Waals surface area contributed by atoms with Crippen LogP contribution in [0.25, 0.3) is 28.0 Å². The van der Waals surface area contributed by atoms with Crippen molar-refractivity contribution in [2.75, 3.05) is 14.2 Å². The maximum absolute atomic E-state index is 5.88. The number of alkyl halides is 1. The summed E-state index contributed by atoms with van der Waals surface area (Å²) in [5.74, 6) is 1.77. The molecule has 0 radical (unpaired) electrons. The zero-order valence-electron chi connectivity index (χ0n) is 15.2. The van der Waals surface area contributed by atoms with Gasteiger partial charge in [-0.2, -0.15) is 0 Å². The van der Waals surface area contributed by atoms with Crippen LogP contribution >= 0.6 is 90.4 Å². The van der Waals surface area contributed by atoms with Gasteiger partial charge in [0.15, 0.2) is 0 Å². The molecule has 3 aromatic rings. The van der Waals surface area contributed by atoms with Gasteiger partial charge >= 0.3 is 0 Å². The monoisotopic (exact) mass is 820 g/mol. The summed E-state index contributed by atoms with van der Waals surface area (Å²) in [5, 5.41) is 2.43. The SMILES string of the molecule is COc1cc(I)c2c(c1-c1c(OC)cc(I)c3cc(I)ccc13)C=C[C@@H](I)C2. The van der Waals surface area contributed by atoms with Crippen molar-refractivity contribution in [2.45, 2.75) is 10.3 Å². The van der Waals surface area contributed by atoms with Gasteiger partial charge in [0.2, 0.25) is 0 Å².